The van der Waals surface area contributed by atoms with E-state index in [9.17, 15) is 19.5 Å². The molecule has 0 bridgehead atoms. The lowest BCUT2D eigenvalue weighted by Crippen LogP contribution is -2.14. The van der Waals surface area contributed by atoms with Gasteiger partial charge in [-0.3, -0.25) is 0 Å². The second kappa shape index (κ2) is 7.29. The zero-order valence-electron chi connectivity index (χ0n) is 14.7. The third-order valence-electron chi connectivity index (χ3n) is 4.24. The van der Waals surface area contributed by atoms with Gasteiger partial charge in [-0.25, -0.2) is 14.4 Å². The van der Waals surface area contributed by atoms with Crippen LogP contribution in [0.5, 0.6) is 0 Å². The molecule has 1 N–H and O–H groups in total. The second-order valence-electron chi connectivity index (χ2n) is 5.80. The SMILES string of the molecule is COC(=O)c1cc(C(=O)OC)c(C(=O)O)c(-c2ccc3ccccc3c2)c1. The third-order valence-corrected chi connectivity index (χ3v) is 4.24. The van der Waals surface area contributed by atoms with E-state index in [0.717, 1.165) is 17.9 Å². The highest BCUT2D eigenvalue weighted by atomic mass is 16.5. The Hall–Kier alpha value is -3.67. The highest BCUT2D eigenvalue weighted by Crippen LogP contribution is 2.31. The minimum atomic E-state index is -1.30. The predicted octanol–water partition coefficient (Wildman–Crippen LogP) is 3.78. The monoisotopic (exact) mass is 364 g/mol. The van der Waals surface area contributed by atoms with E-state index in [-0.39, 0.29) is 22.3 Å². The van der Waals surface area contributed by atoms with Gasteiger partial charge in [-0.05, 0) is 40.1 Å². The fraction of sp³-hybridized carbons (Fsp3) is 0.0952. The maximum Gasteiger partial charge on any atom is 0.338 e. The quantitative estimate of drug-likeness (QED) is 0.709. The zero-order chi connectivity index (χ0) is 19.6. The van der Waals surface area contributed by atoms with Crippen molar-refractivity contribution in [2.24, 2.45) is 0 Å². The van der Waals surface area contributed by atoms with Crippen molar-refractivity contribution < 1.29 is 29.0 Å². The first-order chi connectivity index (χ1) is 13.0. The summed E-state index contributed by atoms with van der Waals surface area (Å²) >= 11 is 0. The smallest absolute Gasteiger partial charge is 0.338 e. The average Bonchev–Trinajstić information content (AvgIpc) is 2.70. The minimum Gasteiger partial charge on any atom is -0.478 e. The number of carboxylic acid groups (broad SMARTS) is 1. The molecule has 0 spiro atoms. The van der Waals surface area contributed by atoms with Gasteiger partial charge in [-0.15, -0.1) is 0 Å². The van der Waals surface area contributed by atoms with E-state index >= 15 is 0 Å². The molecule has 0 atom stereocenters. The van der Waals surface area contributed by atoms with Crippen molar-refractivity contribution in [2.45, 2.75) is 0 Å². The van der Waals surface area contributed by atoms with Gasteiger partial charge in [0.25, 0.3) is 0 Å². The number of carboxylic acids is 1. The van der Waals surface area contributed by atoms with Crippen molar-refractivity contribution in [2.75, 3.05) is 14.2 Å². The number of aromatic carboxylic acids is 1. The van der Waals surface area contributed by atoms with Gasteiger partial charge < -0.3 is 14.6 Å². The van der Waals surface area contributed by atoms with E-state index in [1.807, 2.05) is 30.3 Å². The maximum absolute atomic E-state index is 12.2. The van der Waals surface area contributed by atoms with E-state index in [1.54, 1.807) is 12.1 Å². The van der Waals surface area contributed by atoms with Crippen LogP contribution in [-0.2, 0) is 9.47 Å². The van der Waals surface area contributed by atoms with Crippen LogP contribution in [0.25, 0.3) is 21.9 Å². The summed E-state index contributed by atoms with van der Waals surface area (Å²) in [4.78, 5) is 36.1. The third kappa shape index (κ3) is 3.37. The maximum atomic E-state index is 12.2. The molecule has 0 unspecified atom stereocenters. The molecule has 0 amide bonds. The molecule has 0 aromatic heterocycles. The summed E-state index contributed by atoms with van der Waals surface area (Å²) in [7, 11) is 2.36. The van der Waals surface area contributed by atoms with Gasteiger partial charge in [0, 0.05) is 0 Å². The summed E-state index contributed by atoms with van der Waals surface area (Å²) in [5.74, 6) is -2.82. The first-order valence-electron chi connectivity index (χ1n) is 8.03. The Morgan fingerprint density at radius 3 is 2.11 bits per heavy atom. The van der Waals surface area contributed by atoms with Crippen LogP contribution in [0.2, 0.25) is 0 Å². The van der Waals surface area contributed by atoms with E-state index < -0.39 is 17.9 Å². The van der Waals surface area contributed by atoms with Crippen LogP contribution in [0.3, 0.4) is 0 Å². The molecular weight excluding hydrogens is 348 g/mol. The van der Waals surface area contributed by atoms with Gasteiger partial charge in [0.15, 0.2) is 0 Å². The number of esters is 2. The molecule has 6 nitrogen and oxygen atoms in total. The fourth-order valence-corrected chi connectivity index (χ4v) is 2.96. The second-order valence-corrected chi connectivity index (χ2v) is 5.80. The van der Waals surface area contributed by atoms with Crippen LogP contribution in [-0.4, -0.2) is 37.2 Å². The molecule has 0 aliphatic carbocycles. The molecule has 27 heavy (non-hydrogen) atoms. The van der Waals surface area contributed by atoms with Gasteiger partial charge in [0.05, 0.1) is 30.9 Å². The van der Waals surface area contributed by atoms with Crippen LogP contribution in [0.15, 0.2) is 54.6 Å². The summed E-state index contributed by atoms with van der Waals surface area (Å²) in [5.41, 5.74) is 0.408. The number of methoxy groups -OCH3 is 2. The van der Waals surface area contributed by atoms with Crippen LogP contribution >= 0.6 is 0 Å². The van der Waals surface area contributed by atoms with Crippen molar-refractivity contribution in [3.05, 3.63) is 71.3 Å². The first kappa shape index (κ1) is 18.1. The van der Waals surface area contributed by atoms with E-state index in [2.05, 4.69) is 0 Å². The Morgan fingerprint density at radius 2 is 1.48 bits per heavy atom. The zero-order valence-corrected chi connectivity index (χ0v) is 14.7. The van der Waals surface area contributed by atoms with E-state index in [4.69, 9.17) is 9.47 Å². The van der Waals surface area contributed by atoms with Crippen molar-refractivity contribution in [1.82, 2.24) is 0 Å². The number of hydrogen-bond donors (Lipinski definition) is 1. The van der Waals surface area contributed by atoms with Crippen LogP contribution in [0.1, 0.15) is 31.1 Å². The van der Waals surface area contributed by atoms with Gasteiger partial charge >= 0.3 is 17.9 Å². The van der Waals surface area contributed by atoms with Crippen molar-refractivity contribution in [3.63, 3.8) is 0 Å². The highest BCUT2D eigenvalue weighted by molar-refractivity contribution is 6.09. The molecule has 0 fully saturated rings. The number of rotatable bonds is 4. The topological polar surface area (TPSA) is 89.9 Å². The Morgan fingerprint density at radius 1 is 0.815 bits per heavy atom. The van der Waals surface area contributed by atoms with Crippen LogP contribution in [0.4, 0.5) is 0 Å². The van der Waals surface area contributed by atoms with Gasteiger partial charge in [-0.2, -0.15) is 0 Å². The first-order valence-corrected chi connectivity index (χ1v) is 8.03. The lowest BCUT2D eigenvalue weighted by molar-refractivity contribution is 0.0580. The van der Waals surface area contributed by atoms with Gasteiger partial charge in [-0.1, -0.05) is 36.4 Å². The van der Waals surface area contributed by atoms with Crippen molar-refractivity contribution >= 4 is 28.7 Å². The molecule has 0 aliphatic rings. The average molecular weight is 364 g/mol. The molecular formula is C21H16O6. The fourth-order valence-electron chi connectivity index (χ4n) is 2.96. The number of ether oxygens (including phenoxy) is 2. The molecule has 0 radical (unpaired) electrons. The number of hydrogen-bond acceptors (Lipinski definition) is 5. The molecule has 0 heterocycles. The molecule has 3 rings (SSSR count). The molecule has 0 saturated carbocycles. The van der Waals surface area contributed by atoms with Crippen molar-refractivity contribution in [1.29, 1.82) is 0 Å². The number of fused-ring (bicyclic) bond motifs is 1. The van der Waals surface area contributed by atoms with Gasteiger partial charge in [0.2, 0.25) is 0 Å². The summed E-state index contributed by atoms with van der Waals surface area (Å²) in [6, 6.07) is 15.6. The lowest BCUT2D eigenvalue weighted by atomic mass is 9.91. The Labute approximate surface area is 155 Å². The predicted molar refractivity (Wildman–Crippen MR) is 99.0 cm³/mol. The van der Waals surface area contributed by atoms with Gasteiger partial charge in [0.1, 0.15) is 0 Å². The molecule has 0 saturated heterocycles. The van der Waals surface area contributed by atoms with Crippen LogP contribution < -0.4 is 0 Å². The number of carbonyl (C=O) groups excluding carboxylic acids is 2. The molecule has 136 valence electrons. The molecule has 6 heteroatoms. The normalized spacial score (nSPS) is 10.4. The lowest BCUT2D eigenvalue weighted by Gasteiger charge is -2.13. The summed E-state index contributed by atoms with van der Waals surface area (Å²) < 4.78 is 9.43. The van der Waals surface area contributed by atoms with E-state index in [1.165, 1.54) is 19.2 Å². The largest absolute Gasteiger partial charge is 0.478 e. The summed E-state index contributed by atoms with van der Waals surface area (Å²) in [6.45, 7) is 0. The van der Waals surface area contributed by atoms with Crippen molar-refractivity contribution in [3.8, 4) is 11.1 Å². The molecule has 3 aromatic rings. The molecule has 3 aromatic carbocycles. The summed E-state index contributed by atoms with van der Waals surface area (Å²) in [6.07, 6.45) is 0. The Balaban J connectivity index is 2.35. The van der Waals surface area contributed by atoms with E-state index in [0.29, 0.717) is 5.56 Å². The Bertz CT molecular complexity index is 1070. The molecule has 0 aliphatic heterocycles. The van der Waals surface area contributed by atoms with Crippen LogP contribution in [0, 0.1) is 0 Å². The highest BCUT2D eigenvalue weighted by Gasteiger charge is 2.25. The number of carbonyl (C=O) groups is 3. The number of benzene rings is 3. The Kier molecular flexibility index (Phi) is 4.90. The summed E-state index contributed by atoms with van der Waals surface area (Å²) in [5, 5.41) is 11.6. The standard InChI is InChI=1S/C21H16O6/c1-26-20(24)15-10-16(18(19(22)23)17(11-15)21(25)27-2)14-8-7-12-5-3-4-6-13(12)9-14/h3-11H,1-2H3,(H,22,23). The minimum absolute atomic E-state index is 0.0612.